The molecule has 0 spiro atoms. The van der Waals surface area contributed by atoms with Crippen LogP contribution < -0.4 is 14.2 Å². The summed E-state index contributed by atoms with van der Waals surface area (Å²) in [6.07, 6.45) is 0.511. The standard InChI is InChI=1S/C23H25NO6/c1-14(25)20-21(16-6-8-17(28-2)9-7-16)24(23(27)22(20)26)12-11-15-5-10-18(29-3)19(13-15)30-4/h5-10,13,21,26H,11-12H2,1-4H3. The van der Waals surface area contributed by atoms with Crippen molar-refractivity contribution in [2.24, 2.45) is 0 Å². The highest BCUT2D eigenvalue weighted by Gasteiger charge is 2.42. The molecular weight excluding hydrogens is 386 g/mol. The van der Waals surface area contributed by atoms with Gasteiger partial charge in [-0.25, -0.2) is 0 Å². The van der Waals surface area contributed by atoms with E-state index in [0.29, 0.717) is 30.2 Å². The summed E-state index contributed by atoms with van der Waals surface area (Å²) < 4.78 is 15.8. The summed E-state index contributed by atoms with van der Waals surface area (Å²) in [6, 6.07) is 12.0. The number of hydrogen-bond acceptors (Lipinski definition) is 6. The zero-order valence-corrected chi connectivity index (χ0v) is 17.5. The lowest BCUT2D eigenvalue weighted by atomic mass is 9.96. The number of amides is 1. The predicted molar refractivity (Wildman–Crippen MR) is 111 cm³/mol. The number of ketones is 1. The van der Waals surface area contributed by atoms with Gasteiger partial charge in [0.15, 0.2) is 23.0 Å². The maximum Gasteiger partial charge on any atom is 0.290 e. The molecule has 0 radical (unpaired) electrons. The van der Waals surface area contributed by atoms with Crippen LogP contribution in [0.3, 0.4) is 0 Å². The fourth-order valence-corrected chi connectivity index (χ4v) is 3.66. The van der Waals surface area contributed by atoms with E-state index in [0.717, 1.165) is 11.1 Å². The third kappa shape index (κ3) is 3.96. The van der Waals surface area contributed by atoms with Crippen molar-refractivity contribution in [2.45, 2.75) is 19.4 Å². The van der Waals surface area contributed by atoms with E-state index in [4.69, 9.17) is 14.2 Å². The van der Waals surface area contributed by atoms with E-state index in [1.807, 2.05) is 12.1 Å². The van der Waals surface area contributed by atoms with Gasteiger partial charge in [-0.3, -0.25) is 9.59 Å². The Morgan fingerprint density at radius 3 is 2.23 bits per heavy atom. The number of carbonyl (C=O) groups excluding carboxylic acids is 2. The van der Waals surface area contributed by atoms with Crippen molar-refractivity contribution in [3.63, 3.8) is 0 Å². The number of aliphatic hydroxyl groups is 1. The molecule has 30 heavy (non-hydrogen) atoms. The Bertz CT molecular complexity index is 980. The summed E-state index contributed by atoms with van der Waals surface area (Å²) in [5.41, 5.74) is 1.77. The minimum Gasteiger partial charge on any atom is -0.503 e. The molecule has 7 heteroatoms. The molecule has 1 unspecified atom stereocenters. The van der Waals surface area contributed by atoms with Gasteiger partial charge in [-0.15, -0.1) is 0 Å². The summed E-state index contributed by atoms with van der Waals surface area (Å²) in [4.78, 5) is 26.5. The first-order valence-corrected chi connectivity index (χ1v) is 9.51. The molecule has 7 nitrogen and oxygen atoms in total. The molecular formula is C23H25NO6. The van der Waals surface area contributed by atoms with Crippen molar-refractivity contribution < 1.29 is 28.9 Å². The number of Topliss-reactive ketones (excluding diaryl/α,β-unsaturated/α-hetero) is 1. The molecule has 0 saturated heterocycles. The summed E-state index contributed by atoms with van der Waals surface area (Å²) in [5.74, 6) is 0.498. The van der Waals surface area contributed by atoms with Gasteiger partial charge in [0.25, 0.3) is 5.91 Å². The molecule has 0 bridgehead atoms. The number of ether oxygens (including phenoxy) is 3. The first kappa shape index (κ1) is 21.2. The van der Waals surface area contributed by atoms with Crippen LogP contribution in [0, 0.1) is 0 Å². The molecule has 158 valence electrons. The molecule has 1 aliphatic heterocycles. The minimum atomic E-state index is -0.652. The van der Waals surface area contributed by atoms with Crippen molar-refractivity contribution in [3.05, 3.63) is 64.9 Å². The van der Waals surface area contributed by atoms with E-state index >= 15 is 0 Å². The molecule has 0 fully saturated rings. The first-order valence-electron chi connectivity index (χ1n) is 9.51. The molecule has 3 rings (SSSR count). The Kier molecular flexibility index (Phi) is 6.30. The van der Waals surface area contributed by atoms with E-state index in [1.165, 1.54) is 11.8 Å². The monoisotopic (exact) mass is 411 g/mol. The second-order valence-electron chi connectivity index (χ2n) is 6.93. The van der Waals surface area contributed by atoms with E-state index in [9.17, 15) is 14.7 Å². The average Bonchev–Trinajstić information content (AvgIpc) is 3.02. The number of carbonyl (C=O) groups is 2. The first-order chi connectivity index (χ1) is 14.4. The fraction of sp³-hybridized carbons (Fsp3) is 0.304. The Morgan fingerprint density at radius 2 is 1.67 bits per heavy atom. The van der Waals surface area contributed by atoms with Crippen LogP contribution in [0.2, 0.25) is 0 Å². The number of methoxy groups -OCH3 is 3. The zero-order valence-electron chi connectivity index (χ0n) is 17.5. The Balaban J connectivity index is 1.89. The van der Waals surface area contributed by atoms with Crippen molar-refractivity contribution in [2.75, 3.05) is 27.9 Å². The molecule has 1 aliphatic rings. The molecule has 1 atom stereocenters. The number of nitrogens with zero attached hydrogens (tertiary/aromatic N) is 1. The highest BCUT2D eigenvalue weighted by atomic mass is 16.5. The number of aliphatic hydroxyl groups excluding tert-OH is 1. The molecule has 1 amide bonds. The van der Waals surface area contributed by atoms with Crippen LogP contribution in [0.5, 0.6) is 17.2 Å². The van der Waals surface area contributed by atoms with Crippen LogP contribution >= 0.6 is 0 Å². The quantitative estimate of drug-likeness (QED) is 0.718. The Hall–Kier alpha value is -3.48. The lowest BCUT2D eigenvalue weighted by Gasteiger charge is -2.27. The molecule has 1 N–H and O–H groups in total. The molecule has 0 aliphatic carbocycles. The average molecular weight is 411 g/mol. The van der Waals surface area contributed by atoms with Crippen LogP contribution in [0.1, 0.15) is 24.1 Å². The predicted octanol–water partition coefficient (Wildman–Crippen LogP) is 3.24. The normalized spacial score (nSPS) is 16.1. The topological polar surface area (TPSA) is 85.3 Å². The van der Waals surface area contributed by atoms with Gasteiger partial charge in [-0.1, -0.05) is 18.2 Å². The number of rotatable bonds is 8. The minimum absolute atomic E-state index is 0.109. The number of hydrogen-bond donors (Lipinski definition) is 1. The highest BCUT2D eigenvalue weighted by molar-refractivity contribution is 6.08. The van der Waals surface area contributed by atoms with Gasteiger partial charge in [0, 0.05) is 6.54 Å². The van der Waals surface area contributed by atoms with E-state index < -0.39 is 17.7 Å². The van der Waals surface area contributed by atoms with Crippen molar-refractivity contribution in [1.82, 2.24) is 4.90 Å². The summed E-state index contributed by atoms with van der Waals surface area (Å²) in [5, 5.41) is 10.4. The molecule has 2 aromatic carbocycles. The molecule has 0 saturated carbocycles. The van der Waals surface area contributed by atoms with Crippen LogP contribution in [0.15, 0.2) is 53.8 Å². The summed E-state index contributed by atoms with van der Waals surface area (Å²) >= 11 is 0. The van der Waals surface area contributed by atoms with Gasteiger partial charge < -0.3 is 24.2 Å². The van der Waals surface area contributed by atoms with Gasteiger partial charge in [-0.2, -0.15) is 0 Å². The van der Waals surface area contributed by atoms with Gasteiger partial charge in [0.2, 0.25) is 0 Å². The summed E-state index contributed by atoms with van der Waals surface area (Å²) in [6.45, 7) is 1.67. The van der Waals surface area contributed by atoms with Crippen molar-refractivity contribution in [1.29, 1.82) is 0 Å². The Labute approximate surface area is 175 Å². The maximum atomic E-state index is 12.8. The number of benzene rings is 2. The van der Waals surface area contributed by atoms with Gasteiger partial charge in [0.1, 0.15) is 5.75 Å². The van der Waals surface area contributed by atoms with Crippen LogP contribution in [-0.2, 0) is 16.0 Å². The molecule has 2 aromatic rings. The molecule has 0 aromatic heterocycles. The fourth-order valence-electron chi connectivity index (χ4n) is 3.66. The third-order valence-electron chi connectivity index (χ3n) is 5.20. The van der Waals surface area contributed by atoms with Crippen LogP contribution in [0.4, 0.5) is 0 Å². The SMILES string of the molecule is COc1ccc(C2C(C(C)=O)=C(O)C(=O)N2CCc2ccc(OC)c(OC)c2)cc1. The van der Waals surface area contributed by atoms with E-state index in [1.54, 1.807) is 51.7 Å². The highest BCUT2D eigenvalue weighted by Crippen LogP contribution is 2.38. The van der Waals surface area contributed by atoms with Crippen molar-refractivity contribution in [3.8, 4) is 17.2 Å². The largest absolute Gasteiger partial charge is 0.503 e. The summed E-state index contributed by atoms with van der Waals surface area (Å²) in [7, 11) is 4.69. The smallest absolute Gasteiger partial charge is 0.290 e. The van der Waals surface area contributed by atoms with Gasteiger partial charge in [-0.05, 0) is 48.7 Å². The lowest BCUT2D eigenvalue weighted by molar-refractivity contribution is -0.129. The van der Waals surface area contributed by atoms with Crippen LogP contribution in [-0.4, -0.2) is 49.6 Å². The van der Waals surface area contributed by atoms with E-state index in [-0.39, 0.29) is 11.4 Å². The van der Waals surface area contributed by atoms with Crippen molar-refractivity contribution >= 4 is 11.7 Å². The van der Waals surface area contributed by atoms with Gasteiger partial charge >= 0.3 is 0 Å². The van der Waals surface area contributed by atoms with Crippen LogP contribution in [0.25, 0.3) is 0 Å². The second-order valence-corrected chi connectivity index (χ2v) is 6.93. The van der Waals surface area contributed by atoms with E-state index in [2.05, 4.69) is 0 Å². The van der Waals surface area contributed by atoms with Gasteiger partial charge in [0.05, 0.1) is 32.9 Å². The lowest BCUT2D eigenvalue weighted by Crippen LogP contribution is -2.32. The molecule has 1 heterocycles. The zero-order chi connectivity index (χ0) is 21.8. The maximum absolute atomic E-state index is 12.8. The second kappa shape index (κ2) is 8.90. The Morgan fingerprint density at radius 1 is 1.00 bits per heavy atom. The third-order valence-corrected chi connectivity index (χ3v) is 5.20.